The van der Waals surface area contributed by atoms with Crippen molar-refractivity contribution in [1.29, 1.82) is 0 Å². The number of carbonyl (C=O) groups excluding carboxylic acids is 1. The van der Waals surface area contributed by atoms with Crippen LogP contribution in [0.4, 0.5) is 0 Å². The topological polar surface area (TPSA) is 61.4 Å². The number of unbranched alkanes of at least 4 members (excludes halogenated alkanes) is 1. The molecule has 0 spiro atoms. The predicted molar refractivity (Wildman–Crippen MR) is 95.9 cm³/mol. The quantitative estimate of drug-likeness (QED) is 0.673. The summed E-state index contributed by atoms with van der Waals surface area (Å²) in [6.07, 6.45) is 8.16. The second kappa shape index (κ2) is 8.63. The van der Waals surface area contributed by atoms with Crippen LogP contribution in [0.3, 0.4) is 0 Å². The summed E-state index contributed by atoms with van der Waals surface area (Å²) < 4.78 is 0. The Kier molecular flexibility index (Phi) is 6.27. The Morgan fingerprint density at radius 1 is 1.00 bits per heavy atom. The highest BCUT2D eigenvalue weighted by Crippen LogP contribution is 2.21. The zero-order chi connectivity index (χ0) is 16.8. The molecule has 0 heterocycles. The standard InChI is InChI=1S/C20H30N2O2/c23-19-10-8-17(9-11-19)22-20(24)7-3-4-12-21-18-13-15-5-1-2-6-16(15)14-18/h1-2,5-6,17-19,21,23H,3-4,7-14H2,(H,22,24). The molecule has 1 fully saturated rings. The van der Waals surface area contributed by atoms with Gasteiger partial charge in [0.05, 0.1) is 6.10 Å². The van der Waals surface area contributed by atoms with Crippen molar-refractivity contribution in [3.63, 3.8) is 0 Å². The van der Waals surface area contributed by atoms with Crippen LogP contribution in [0.15, 0.2) is 24.3 Å². The molecule has 24 heavy (non-hydrogen) atoms. The summed E-state index contributed by atoms with van der Waals surface area (Å²) in [6.45, 7) is 0.988. The normalized spacial score (nSPS) is 23.9. The number of benzene rings is 1. The van der Waals surface area contributed by atoms with Crippen molar-refractivity contribution < 1.29 is 9.90 Å². The number of fused-ring (bicyclic) bond motifs is 1. The molecule has 3 rings (SSSR count). The minimum atomic E-state index is -0.161. The van der Waals surface area contributed by atoms with Gasteiger partial charge in [0, 0.05) is 18.5 Å². The summed E-state index contributed by atoms with van der Waals surface area (Å²) in [6, 6.07) is 9.53. The maximum atomic E-state index is 12.0. The van der Waals surface area contributed by atoms with Crippen LogP contribution in [0, 0.1) is 0 Å². The van der Waals surface area contributed by atoms with Crippen LogP contribution in [0.2, 0.25) is 0 Å². The second-order valence-corrected chi connectivity index (χ2v) is 7.36. The maximum Gasteiger partial charge on any atom is 0.220 e. The maximum absolute atomic E-state index is 12.0. The molecule has 132 valence electrons. The number of nitrogens with one attached hydrogen (secondary N) is 2. The minimum Gasteiger partial charge on any atom is -0.393 e. The van der Waals surface area contributed by atoms with Gasteiger partial charge in [-0.25, -0.2) is 0 Å². The third-order valence-electron chi connectivity index (χ3n) is 5.38. The molecule has 0 saturated heterocycles. The van der Waals surface area contributed by atoms with Crippen LogP contribution in [-0.4, -0.2) is 35.7 Å². The van der Waals surface area contributed by atoms with E-state index in [-0.39, 0.29) is 18.1 Å². The smallest absolute Gasteiger partial charge is 0.220 e. The monoisotopic (exact) mass is 330 g/mol. The molecule has 1 saturated carbocycles. The minimum absolute atomic E-state index is 0.161. The Morgan fingerprint density at radius 3 is 2.33 bits per heavy atom. The van der Waals surface area contributed by atoms with Crippen LogP contribution in [0.5, 0.6) is 0 Å². The van der Waals surface area contributed by atoms with Crippen molar-refractivity contribution in [3.05, 3.63) is 35.4 Å². The summed E-state index contributed by atoms with van der Waals surface area (Å²) in [7, 11) is 0. The van der Waals surface area contributed by atoms with Gasteiger partial charge in [0.1, 0.15) is 0 Å². The van der Waals surface area contributed by atoms with E-state index in [1.54, 1.807) is 0 Å². The molecule has 0 aromatic heterocycles. The van der Waals surface area contributed by atoms with E-state index in [1.165, 1.54) is 11.1 Å². The summed E-state index contributed by atoms with van der Waals surface area (Å²) in [5.74, 6) is 0.171. The highest BCUT2D eigenvalue weighted by molar-refractivity contribution is 5.76. The van der Waals surface area contributed by atoms with Crippen LogP contribution in [0.1, 0.15) is 56.1 Å². The summed E-state index contributed by atoms with van der Waals surface area (Å²) >= 11 is 0. The van der Waals surface area contributed by atoms with Gasteiger partial charge >= 0.3 is 0 Å². The van der Waals surface area contributed by atoms with Gasteiger partial charge in [0.25, 0.3) is 0 Å². The van der Waals surface area contributed by atoms with Gasteiger partial charge in [-0.05, 0) is 69.0 Å². The molecule has 0 radical (unpaired) electrons. The molecule has 0 atom stereocenters. The van der Waals surface area contributed by atoms with E-state index in [0.717, 1.165) is 57.9 Å². The molecule has 2 aliphatic carbocycles. The SMILES string of the molecule is O=C(CCCCNC1Cc2ccccc2C1)NC1CCC(O)CC1. The molecule has 3 N–H and O–H groups in total. The van der Waals surface area contributed by atoms with Gasteiger partial charge in [-0.1, -0.05) is 24.3 Å². The summed E-state index contributed by atoms with van der Waals surface area (Å²) in [5.41, 5.74) is 2.96. The highest BCUT2D eigenvalue weighted by Gasteiger charge is 2.21. The second-order valence-electron chi connectivity index (χ2n) is 7.36. The van der Waals surface area contributed by atoms with E-state index in [0.29, 0.717) is 12.5 Å². The molecular weight excluding hydrogens is 300 g/mol. The van der Waals surface area contributed by atoms with Gasteiger partial charge in [-0.2, -0.15) is 0 Å². The Bertz CT molecular complexity index is 513. The molecule has 4 nitrogen and oxygen atoms in total. The molecular formula is C20H30N2O2. The lowest BCUT2D eigenvalue weighted by atomic mass is 9.93. The van der Waals surface area contributed by atoms with Gasteiger partial charge < -0.3 is 15.7 Å². The number of amides is 1. The van der Waals surface area contributed by atoms with E-state index >= 15 is 0 Å². The van der Waals surface area contributed by atoms with E-state index in [9.17, 15) is 9.90 Å². The van der Waals surface area contributed by atoms with Crippen molar-refractivity contribution in [2.24, 2.45) is 0 Å². The molecule has 0 bridgehead atoms. The Morgan fingerprint density at radius 2 is 1.67 bits per heavy atom. The predicted octanol–water partition coefficient (Wildman–Crippen LogP) is 2.33. The van der Waals surface area contributed by atoms with E-state index < -0.39 is 0 Å². The first-order chi connectivity index (χ1) is 11.7. The van der Waals surface area contributed by atoms with Crippen molar-refractivity contribution in [3.8, 4) is 0 Å². The van der Waals surface area contributed by atoms with Crippen LogP contribution in [-0.2, 0) is 17.6 Å². The van der Waals surface area contributed by atoms with Crippen LogP contribution < -0.4 is 10.6 Å². The lowest BCUT2D eigenvalue weighted by Crippen LogP contribution is -2.38. The van der Waals surface area contributed by atoms with Gasteiger partial charge in [0.15, 0.2) is 0 Å². The zero-order valence-electron chi connectivity index (χ0n) is 14.5. The molecule has 0 aliphatic heterocycles. The Hall–Kier alpha value is -1.39. The highest BCUT2D eigenvalue weighted by atomic mass is 16.3. The number of aliphatic hydroxyl groups is 1. The van der Waals surface area contributed by atoms with Crippen molar-refractivity contribution in [2.75, 3.05) is 6.54 Å². The lowest BCUT2D eigenvalue weighted by Gasteiger charge is -2.26. The van der Waals surface area contributed by atoms with Crippen molar-refractivity contribution >= 4 is 5.91 Å². The molecule has 1 aromatic rings. The van der Waals surface area contributed by atoms with Crippen LogP contribution >= 0.6 is 0 Å². The van der Waals surface area contributed by atoms with Gasteiger partial charge in [0.2, 0.25) is 5.91 Å². The largest absolute Gasteiger partial charge is 0.393 e. The average Bonchev–Trinajstić information content (AvgIpc) is 2.99. The Balaban J connectivity index is 1.24. The van der Waals surface area contributed by atoms with Gasteiger partial charge in [-0.3, -0.25) is 4.79 Å². The molecule has 2 aliphatic rings. The van der Waals surface area contributed by atoms with E-state index in [2.05, 4.69) is 34.9 Å². The third-order valence-corrected chi connectivity index (χ3v) is 5.38. The fourth-order valence-corrected chi connectivity index (χ4v) is 3.94. The first kappa shape index (κ1) is 17.4. The van der Waals surface area contributed by atoms with Crippen molar-refractivity contribution in [1.82, 2.24) is 10.6 Å². The number of hydrogen-bond donors (Lipinski definition) is 3. The van der Waals surface area contributed by atoms with Crippen LogP contribution in [0.25, 0.3) is 0 Å². The number of aliphatic hydroxyl groups excluding tert-OH is 1. The number of hydrogen-bond acceptors (Lipinski definition) is 3. The van der Waals surface area contributed by atoms with Crippen molar-refractivity contribution in [2.45, 2.75) is 76.0 Å². The number of carbonyl (C=O) groups is 1. The summed E-state index contributed by atoms with van der Waals surface area (Å²) in [4.78, 5) is 12.0. The molecule has 0 unspecified atom stereocenters. The molecule has 1 aromatic carbocycles. The fourth-order valence-electron chi connectivity index (χ4n) is 3.94. The fraction of sp³-hybridized carbons (Fsp3) is 0.650. The first-order valence-corrected chi connectivity index (χ1v) is 9.48. The summed E-state index contributed by atoms with van der Waals surface area (Å²) in [5, 5.41) is 16.2. The first-order valence-electron chi connectivity index (χ1n) is 9.48. The van der Waals surface area contributed by atoms with E-state index in [4.69, 9.17) is 0 Å². The average molecular weight is 330 g/mol. The molecule has 1 amide bonds. The zero-order valence-corrected chi connectivity index (χ0v) is 14.5. The Labute approximate surface area is 145 Å². The number of rotatable bonds is 7. The molecule has 4 heteroatoms. The van der Waals surface area contributed by atoms with E-state index in [1.807, 2.05) is 0 Å². The third kappa shape index (κ3) is 5.05. The lowest BCUT2D eigenvalue weighted by molar-refractivity contribution is -0.122. The van der Waals surface area contributed by atoms with Gasteiger partial charge in [-0.15, -0.1) is 0 Å².